The zero-order valence-corrected chi connectivity index (χ0v) is 14.4. The maximum atomic E-state index is 6.23. The molecule has 0 saturated carbocycles. The predicted octanol–water partition coefficient (Wildman–Crippen LogP) is 5.50. The topological polar surface area (TPSA) is 15.3 Å². The second-order valence-electron chi connectivity index (χ2n) is 4.22. The van der Waals surface area contributed by atoms with Crippen LogP contribution in [0.5, 0.6) is 0 Å². The van der Waals surface area contributed by atoms with Crippen molar-refractivity contribution in [3.05, 3.63) is 43.0 Å². The van der Waals surface area contributed by atoms with E-state index in [1.807, 2.05) is 43.3 Å². The molecule has 0 amide bonds. The highest BCUT2D eigenvalue weighted by Gasteiger charge is 2.10. The fourth-order valence-electron chi connectivity index (χ4n) is 1.77. The summed E-state index contributed by atoms with van der Waals surface area (Å²) in [5.74, 6) is 0. The average Bonchev–Trinajstić information content (AvgIpc) is 2.65. The van der Waals surface area contributed by atoms with Crippen LogP contribution < -0.4 is 10.2 Å². The SMILES string of the molecule is CN(C)c1c(Cl)cccc1NCc1cc(Br)c(Cl)s1. The fourth-order valence-corrected chi connectivity index (χ4v) is 3.85. The summed E-state index contributed by atoms with van der Waals surface area (Å²) < 4.78 is 1.71. The lowest BCUT2D eigenvalue weighted by Crippen LogP contribution is -2.12. The Morgan fingerprint density at radius 3 is 2.63 bits per heavy atom. The van der Waals surface area contributed by atoms with Gasteiger partial charge in [0.2, 0.25) is 0 Å². The lowest BCUT2D eigenvalue weighted by atomic mass is 10.2. The number of benzene rings is 1. The van der Waals surface area contributed by atoms with Crippen molar-refractivity contribution in [1.29, 1.82) is 0 Å². The van der Waals surface area contributed by atoms with E-state index in [2.05, 4.69) is 21.2 Å². The van der Waals surface area contributed by atoms with Crippen LogP contribution in [-0.2, 0) is 6.54 Å². The zero-order chi connectivity index (χ0) is 14.0. The van der Waals surface area contributed by atoms with Gasteiger partial charge >= 0.3 is 0 Å². The summed E-state index contributed by atoms with van der Waals surface area (Å²) in [5.41, 5.74) is 2.00. The van der Waals surface area contributed by atoms with Crippen LogP contribution >= 0.6 is 50.5 Å². The molecule has 1 aromatic carbocycles. The van der Waals surface area contributed by atoms with E-state index in [9.17, 15) is 0 Å². The Hall–Kier alpha value is -0.420. The van der Waals surface area contributed by atoms with Crippen LogP contribution in [0.25, 0.3) is 0 Å². The minimum absolute atomic E-state index is 0.719. The smallest absolute Gasteiger partial charge is 0.107 e. The third kappa shape index (κ3) is 3.57. The number of hydrogen-bond donors (Lipinski definition) is 1. The third-order valence-corrected chi connectivity index (χ3v) is 5.36. The Morgan fingerprint density at radius 2 is 2.05 bits per heavy atom. The van der Waals surface area contributed by atoms with Crippen molar-refractivity contribution >= 4 is 61.8 Å². The molecule has 1 N–H and O–H groups in total. The average molecular weight is 380 g/mol. The summed E-state index contributed by atoms with van der Waals surface area (Å²) in [4.78, 5) is 3.17. The number of halogens is 3. The maximum absolute atomic E-state index is 6.23. The molecule has 0 unspecified atom stereocenters. The molecule has 0 aliphatic carbocycles. The molecule has 2 rings (SSSR count). The second kappa shape index (κ2) is 6.35. The van der Waals surface area contributed by atoms with Crippen LogP contribution in [0.3, 0.4) is 0 Å². The van der Waals surface area contributed by atoms with Crippen molar-refractivity contribution in [2.24, 2.45) is 0 Å². The number of rotatable bonds is 4. The van der Waals surface area contributed by atoms with Gasteiger partial charge in [0.25, 0.3) is 0 Å². The van der Waals surface area contributed by atoms with Crippen LogP contribution in [0.2, 0.25) is 9.36 Å². The first kappa shape index (κ1) is 15.0. The summed E-state index contributed by atoms with van der Waals surface area (Å²) in [6.07, 6.45) is 0. The summed E-state index contributed by atoms with van der Waals surface area (Å²) in [6.45, 7) is 0.719. The Labute approximate surface area is 135 Å². The van der Waals surface area contributed by atoms with Gasteiger partial charge in [-0.3, -0.25) is 0 Å². The first-order valence-electron chi connectivity index (χ1n) is 5.62. The van der Waals surface area contributed by atoms with Crippen molar-refractivity contribution in [2.45, 2.75) is 6.54 Å². The van der Waals surface area contributed by atoms with Gasteiger partial charge in [0.05, 0.1) is 16.4 Å². The van der Waals surface area contributed by atoms with E-state index in [-0.39, 0.29) is 0 Å². The van der Waals surface area contributed by atoms with Crippen LogP contribution in [0.4, 0.5) is 11.4 Å². The second-order valence-corrected chi connectivity index (χ2v) is 7.22. The maximum Gasteiger partial charge on any atom is 0.107 e. The summed E-state index contributed by atoms with van der Waals surface area (Å²) >= 11 is 17.2. The van der Waals surface area contributed by atoms with Gasteiger partial charge in [0.1, 0.15) is 4.34 Å². The number of thiophene rings is 1. The molecule has 1 aromatic heterocycles. The molecular formula is C13H13BrCl2N2S. The number of anilines is 2. The predicted molar refractivity (Wildman–Crippen MR) is 90.1 cm³/mol. The molecule has 0 aliphatic heterocycles. The van der Waals surface area contributed by atoms with Crippen molar-refractivity contribution in [1.82, 2.24) is 0 Å². The molecule has 0 spiro atoms. The van der Waals surface area contributed by atoms with Crippen molar-refractivity contribution in [2.75, 3.05) is 24.3 Å². The summed E-state index contributed by atoms with van der Waals surface area (Å²) in [6, 6.07) is 7.88. The summed E-state index contributed by atoms with van der Waals surface area (Å²) in [7, 11) is 3.95. The normalized spacial score (nSPS) is 10.6. The van der Waals surface area contributed by atoms with E-state index >= 15 is 0 Å². The first-order chi connectivity index (χ1) is 8.99. The van der Waals surface area contributed by atoms with Crippen LogP contribution in [0.15, 0.2) is 28.7 Å². The number of para-hydroxylation sites is 1. The highest BCUT2D eigenvalue weighted by atomic mass is 79.9. The number of hydrogen-bond acceptors (Lipinski definition) is 3. The molecule has 1 heterocycles. The molecule has 6 heteroatoms. The van der Waals surface area contributed by atoms with Gasteiger partial charge < -0.3 is 10.2 Å². The monoisotopic (exact) mass is 378 g/mol. The molecule has 0 fully saturated rings. The molecule has 0 aliphatic rings. The van der Waals surface area contributed by atoms with Crippen molar-refractivity contribution in [3.8, 4) is 0 Å². The van der Waals surface area contributed by atoms with Gasteiger partial charge in [-0.2, -0.15) is 0 Å². The number of nitrogens with zero attached hydrogens (tertiary/aromatic N) is 1. The molecule has 0 atom stereocenters. The quantitative estimate of drug-likeness (QED) is 0.754. The molecule has 19 heavy (non-hydrogen) atoms. The molecule has 102 valence electrons. The van der Waals surface area contributed by atoms with Crippen LogP contribution in [-0.4, -0.2) is 14.1 Å². The Balaban J connectivity index is 2.17. The highest BCUT2D eigenvalue weighted by molar-refractivity contribution is 9.10. The minimum atomic E-state index is 0.719. The lowest BCUT2D eigenvalue weighted by Gasteiger charge is -2.19. The van der Waals surface area contributed by atoms with E-state index in [0.717, 1.165) is 31.8 Å². The molecular weight excluding hydrogens is 367 g/mol. The van der Waals surface area contributed by atoms with Gasteiger partial charge in [-0.05, 0) is 34.1 Å². The van der Waals surface area contributed by atoms with Crippen LogP contribution in [0, 0.1) is 0 Å². The zero-order valence-electron chi connectivity index (χ0n) is 10.5. The van der Waals surface area contributed by atoms with Gasteiger partial charge in [0.15, 0.2) is 0 Å². The van der Waals surface area contributed by atoms with E-state index in [1.165, 1.54) is 4.88 Å². The third-order valence-electron chi connectivity index (χ3n) is 2.58. The number of nitrogens with one attached hydrogen (secondary N) is 1. The Bertz CT molecular complexity index is 565. The molecule has 0 radical (unpaired) electrons. The minimum Gasteiger partial charge on any atom is -0.378 e. The summed E-state index contributed by atoms with van der Waals surface area (Å²) in [5, 5.41) is 4.13. The van der Waals surface area contributed by atoms with Crippen LogP contribution in [0.1, 0.15) is 4.88 Å². The first-order valence-corrected chi connectivity index (χ1v) is 7.99. The standard InChI is InChI=1S/C13H13BrCl2N2S/c1-18(2)12-10(15)4-3-5-11(12)17-7-8-6-9(14)13(16)19-8/h3-6,17H,7H2,1-2H3. The fraction of sp³-hybridized carbons (Fsp3) is 0.231. The van der Waals surface area contributed by atoms with E-state index in [4.69, 9.17) is 23.2 Å². The van der Waals surface area contributed by atoms with Gasteiger partial charge in [-0.15, -0.1) is 11.3 Å². The van der Waals surface area contributed by atoms with Crippen molar-refractivity contribution < 1.29 is 0 Å². The molecule has 2 aromatic rings. The van der Waals surface area contributed by atoms with Gasteiger partial charge in [-0.25, -0.2) is 0 Å². The van der Waals surface area contributed by atoms with Crippen molar-refractivity contribution in [3.63, 3.8) is 0 Å². The van der Waals surface area contributed by atoms with E-state index in [1.54, 1.807) is 11.3 Å². The Kier molecular flexibility index (Phi) is 5.01. The van der Waals surface area contributed by atoms with E-state index in [0.29, 0.717) is 0 Å². The lowest BCUT2D eigenvalue weighted by molar-refractivity contribution is 1.11. The highest BCUT2D eigenvalue weighted by Crippen LogP contribution is 2.35. The van der Waals surface area contributed by atoms with Gasteiger partial charge in [0, 0.05) is 30.0 Å². The van der Waals surface area contributed by atoms with E-state index < -0.39 is 0 Å². The Morgan fingerprint density at radius 1 is 1.32 bits per heavy atom. The molecule has 2 nitrogen and oxygen atoms in total. The molecule has 0 bridgehead atoms. The largest absolute Gasteiger partial charge is 0.378 e. The molecule has 0 saturated heterocycles. The van der Waals surface area contributed by atoms with Gasteiger partial charge in [-0.1, -0.05) is 29.3 Å².